The second kappa shape index (κ2) is 6.89. The second-order valence-corrected chi connectivity index (χ2v) is 4.23. The summed E-state index contributed by atoms with van der Waals surface area (Å²) in [4.78, 5) is 17.7. The Hall–Kier alpha value is -1.49. The topological polar surface area (TPSA) is 113 Å². The SMILES string of the molecule is C=C(C)[PH](=O)N[C@H](ON=[N+]=[N-])C(=O)OC. The Kier molecular flexibility index (Phi) is 6.21. The fraction of sp³-hybridized carbons (Fsp3) is 0.500. The van der Waals surface area contributed by atoms with Crippen LogP contribution in [0.4, 0.5) is 0 Å². The van der Waals surface area contributed by atoms with E-state index in [1.807, 2.05) is 0 Å². The lowest BCUT2D eigenvalue weighted by molar-refractivity contribution is -0.155. The number of carbonyl (C=O) groups excluding carboxylic acids is 1. The van der Waals surface area contributed by atoms with E-state index in [9.17, 15) is 9.36 Å². The van der Waals surface area contributed by atoms with Crippen LogP contribution in [0.2, 0.25) is 0 Å². The highest BCUT2D eigenvalue weighted by Crippen LogP contribution is 2.25. The van der Waals surface area contributed by atoms with E-state index in [0.29, 0.717) is 5.31 Å². The van der Waals surface area contributed by atoms with Gasteiger partial charge in [-0.1, -0.05) is 6.58 Å². The van der Waals surface area contributed by atoms with Gasteiger partial charge < -0.3 is 14.1 Å². The zero-order valence-corrected chi connectivity index (χ0v) is 9.26. The summed E-state index contributed by atoms with van der Waals surface area (Å²) in [5, 5.41) is 5.37. The van der Waals surface area contributed by atoms with Crippen molar-refractivity contribution in [3.63, 3.8) is 0 Å². The lowest BCUT2D eigenvalue weighted by atomic mass is 10.6. The van der Waals surface area contributed by atoms with Gasteiger partial charge in [0.1, 0.15) is 5.28 Å². The van der Waals surface area contributed by atoms with Crippen molar-refractivity contribution in [3.8, 4) is 0 Å². The summed E-state index contributed by atoms with van der Waals surface area (Å²) in [5.41, 5.74) is 7.98. The maximum atomic E-state index is 11.3. The van der Waals surface area contributed by atoms with E-state index in [1.54, 1.807) is 0 Å². The van der Waals surface area contributed by atoms with Gasteiger partial charge in [-0.3, -0.25) is 0 Å². The highest BCUT2D eigenvalue weighted by molar-refractivity contribution is 7.47. The van der Waals surface area contributed by atoms with Gasteiger partial charge in [-0.15, -0.1) is 0 Å². The summed E-state index contributed by atoms with van der Waals surface area (Å²) in [6, 6.07) is 0. The number of ether oxygens (including phenoxy) is 1. The highest BCUT2D eigenvalue weighted by Gasteiger charge is 2.22. The van der Waals surface area contributed by atoms with Crippen molar-refractivity contribution in [3.05, 3.63) is 22.3 Å². The average molecular weight is 234 g/mol. The van der Waals surface area contributed by atoms with Crippen LogP contribution in [0.25, 0.3) is 10.4 Å². The molecule has 0 aromatic carbocycles. The average Bonchev–Trinajstić information content (AvgIpc) is 2.22. The monoisotopic (exact) mass is 234 g/mol. The van der Waals surface area contributed by atoms with E-state index in [1.165, 1.54) is 6.92 Å². The number of carbonyl (C=O) groups is 1. The van der Waals surface area contributed by atoms with Gasteiger partial charge in [0.25, 0.3) is 6.23 Å². The van der Waals surface area contributed by atoms with Crippen molar-refractivity contribution in [1.29, 1.82) is 0 Å². The lowest BCUT2D eigenvalue weighted by Gasteiger charge is -2.13. The molecule has 0 radical (unpaired) electrons. The molecule has 0 saturated carbocycles. The Bertz CT molecular complexity index is 325. The fourth-order valence-corrected chi connectivity index (χ4v) is 1.20. The van der Waals surface area contributed by atoms with Crippen LogP contribution in [0.5, 0.6) is 0 Å². The fourth-order valence-electron chi connectivity index (χ4n) is 0.546. The largest absolute Gasteiger partial charge is 0.465 e. The van der Waals surface area contributed by atoms with Gasteiger partial charge >= 0.3 is 5.97 Å². The van der Waals surface area contributed by atoms with Crippen LogP contribution in [0.15, 0.2) is 17.2 Å². The van der Waals surface area contributed by atoms with Crippen molar-refractivity contribution in [2.45, 2.75) is 13.2 Å². The molecule has 0 amide bonds. The first kappa shape index (κ1) is 13.5. The molecule has 84 valence electrons. The molecule has 8 nitrogen and oxygen atoms in total. The van der Waals surface area contributed by atoms with Gasteiger partial charge in [-0.2, -0.15) is 0 Å². The van der Waals surface area contributed by atoms with E-state index >= 15 is 0 Å². The third-order valence-corrected chi connectivity index (χ3v) is 2.55. The van der Waals surface area contributed by atoms with Crippen LogP contribution in [-0.2, 0) is 18.9 Å². The Morgan fingerprint density at radius 2 is 2.33 bits per heavy atom. The molecule has 0 saturated heterocycles. The predicted octanol–water partition coefficient (Wildman–Crippen LogP) is 1.33. The summed E-state index contributed by atoms with van der Waals surface area (Å²) in [5.74, 6) is -0.845. The molecule has 0 bridgehead atoms. The van der Waals surface area contributed by atoms with E-state index < -0.39 is 20.1 Å². The third-order valence-electron chi connectivity index (χ3n) is 1.25. The molecule has 0 spiro atoms. The number of nitrogens with zero attached hydrogens (tertiary/aromatic N) is 3. The van der Waals surface area contributed by atoms with Crippen molar-refractivity contribution in [1.82, 2.24) is 5.09 Å². The van der Waals surface area contributed by atoms with Gasteiger partial charge in [-0.05, 0) is 17.8 Å². The molecule has 0 aromatic rings. The molecule has 9 heteroatoms. The summed E-state index contributed by atoms with van der Waals surface area (Å²) in [6.07, 6.45) is -1.39. The molecule has 0 rings (SSSR count). The second-order valence-electron chi connectivity index (χ2n) is 2.43. The first-order valence-electron chi connectivity index (χ1n) is 3.77. The van der Waals surface area contributed by atoms with Gasteiger partial charge in [0.15, 0.2) is 7.95 Å². The van der Waals surface area contributed by atoms with E-state index in [-0.39, 0.29) is 0 Å². The van der Waals surface area contributed by atoms with Crippen LogP contribution in [0.1, 0.15) is 6.92 Å². The van der Waals surface area contributed by atoms with Crippen LogP contribution in [0.3, 0.4) is 0 Å². The molecule has 2 atom stereocenters. The molecular formula is C6H11N4O4P. The Balaban J connectivity index is 4.49. The number of azide groups is 1. The van der Waals surface area contributed by atoms with Crippen molar-refractivity contribution >= 4 is 13.9 Å². The van der Waals surface area contributed by atoms with Crippen molar-refractivity contribution < 1.29 is 18.9 Å². The van der Waals surface area contributed by atoms with E-state index in [4.69, 9.17) is 5.53 Å². The first-order chi connectivity index (χ1) is 7.02. The number of esters is 1. The van der Waals surface area contributed by atoms with Crippen molar-refractivity contribution in [2.75, 3.05) is 7.11 Å². The molecule has 0 fully saturated rings. The minimum atomic E-state index is -2.39. The highest BCUT2D eigenvalue weighted by atomic mass is 31.1. The minimum Gasteiger partial charge on any atom is -0.465 e. The number of hydrogen-bond acceptors (Lipinski definition) is 5. The zero-order valence-electron chi connectivity index (χ0n) is 8.26. The molecule has 0 heterocycles. The molecule has 1 N–H and O–H groups in total. The normalized spacial score (nSPS) is 13.2. The Morgan fingerprint density at radius 3 is 2.73 bits per heavy atom. The lowest BCUT2D eigenvalue weighted by Crippen LogP contribution is -2.34. The van der Waals surface area contributed by atoms with Crippen LogP contribution in [-0.4, -0.2) is 19.3 Å². The predicted molar refractivity (Wildman–Crippen MR) is 53.0 cm³/mol. The van der Waals surface area contributed by atoms with Gasteiger partial charge in [0, 0.05) is 4.91 Å². The van der Waals surface area contributed by atoms with Gasteiger partial charge in [-0.25, -0.2) is 9.88 Å². The maximum Gasteiger partial charge on any atom is 0.363 e. The molecule has 0 aliphatic carbocycles. The van der Waals surface area contributed by atoms with E-state index in [0.717, 1.165) is 7.11 Å². The number of allylic oxidation sites excluding steroid dienone is 1. The minimum absolute atomic E-state index is 0.360. The maximum absolute atomic E-state index is 11.3. The van der Waals surface area contributed by atoms with Gasteiger partial charge in [0.05, 0.1) is 7.11 Å². The molecule has 1 unspecified atom stereocenters. The number of methoxy groups -OCH3 is 1. The van der Waals surface area contributed by atoms with Crippen molar-refractivity contribution in [2.24, 2.45) is 5.28 Å². The Labute approximate surface area is 86.7 Å². The molecule has 0 aromatic heterocycles. The molecule has 0 aliphatic rings. The summed E-state index contributed by atoms with van der Waals surface area (Å²) < 4.78 is 15.6. The third kappa shape index (κ3) is 5.07. The number of rotatable bonds is 6. The molecule has 15 heavy (non-hydrogen) atoms. The zero-order chi connectivity index (χ0) is 11.8. The van der Waals surface area contributed by atoms with Crippen LogP contribution >= 0.6 is 7.95 Å². The van der Waals surface area contributed by atoms with Gasteiger partial charge in [0.2, 0.25) is 0 Å². The van der Waals surface area contributed by atoms with E-state index in [2.05, 4.69) is 31.4 Å². The number of hydrogen-bond donors (Lipinski definition) is 1. The summed E-state index contributed by atoms with van der Waals surface area (Å²) in [6.45, 7) is 4.96. The first-order valence-corrected chi connectivity index (χ1v) is 5.18. The molecular weight excluding hydrogens is 223 g/mol. The smallest absolute Gasteiger partial charge is 0.363 e. The standard InChI is InChI=1S/C6H11N4O4P/c1-4(2)15(12)8-5(6(11)13-3)14-10-9-7/h5,15H,1H2,2-3H3,(H,8,12)/t5-/m1/s1. The Morgan fingerprint density at radius 1 is 1.73 bits per heavy atom. The number of nitrogens with one attached hydrogen (secondary N) is 1. The summed E-state index contributed by atoms with van der Waals surface area (Å²) in [7, 11) is -1.27. The summed E-state index contributed by atoms with van der Waals surface area (Å²) >= 11 is 0. The molecule has 0 aliphatic heterocycles. The van der Waals surface area contributed by atoms with Crippen LogP contribution < -0.4 is 5.09 Å². The quantitative estimate of drug-likeness (QED) is 0.141. The van der Waals surface area contributed by atoms with Crippen LogP contribution in [0, 0.1) is 0 Å².